The first-order valence-corrected chi connectivity index (χ1v) is 3.39. The third kappa shape index (κ3) is 3.57. The Bertz CT molecular complexity index is 235. The predicted molar refractivity (Wildman–Crippen MR) is 44.1 cm³/mol. The highest BCUT2D eigenvalue weighted by Gasteiger charge is 2.14. The lowest BCUT2D eigenvalue weighted by atomic mass is 10.4. The van der Waals surface area contributed by atoms with E-state index in [4.69, 9.17) is 5.84 Å². The molecular formula is C7H12N2O4. The molecule has 0 rings (SSSR count). The van der Waals surface area contributed by atoms with E-state index in [1.807, 2.05) is 0 Å². The van der Waals surface area contributed by atoms with Crippen LogP contribution in [0, 0.1) is 0 Å². The molecule has 0 aromatic rings. The van der Waals surface area contributed by atoms with E-state index in [1.54, 1.807) is 0 Å². The van der Waals surface area contributed by atoms with Crippen LogP contribution < -0.4 is 5.84 Å². The summed E-state index contributed by atoms with van der Waals surface area (Å²) in [6.45, 7) is 0. The molecule has 0 radical (unpaired) electrons. The molecule has 0 aliphatic heterocycles. The maximum absolute atomic E-state index is 11.0. The van der Waals surface area contributed by atoms with Gasteiger partial charge in [-0.3, -0.25) is 0 Å². The number of hydrazine groups is 1. The van der Waals surface area contributed by atoms with E-state index < -0.39 is 11.9 Å². The number of rotatable bonds is 3. The molecule has 6 heteroatoms. The van der Waals surface area contributed by atoms with Crippen molar-refractivity contribution in [2.75, 3.05) is 21.3 Å². The van der Waals surface area contributed by atoms with Crippen molar-refractivity contribution < 1.29 is 19.1 Å². The summed E-state index contributed by atoms with van der Waals surface area (Å²) in [5.74, 6) is 3.91. The van der Waals surface area contributed by atoms with Crippen LogP contribution in [0.3, 0.4) is 0 Å². The highest BCUT2D eigenvalue weighted by Crippen LogP contribution is 1.99. The minimum atomic E-state index is -0.699. The fourth-order valence-electron chi connectivity index (χ4n) is 0.580. The summed E-state index contributed by atoms with van der Waals surface area (Å²) in [7, 11) is 3.80. The van der Waals surface area contributed by atoms with Gasteiger partial charge in [0, 0.05) is 7.05 Å². The average Bonchev–Trinajstić information content (AvgIpc) is 2.11. The first-order valence-electron chi connectivity index (χ1n) is 3.39. The minimum Gasteiger partial charge on any atom is -0.466 e. The highest BCUT2D eigenvalue weighted by molar-refractivity contribution is 5.95. The Morgan fingerprint density at radius 3 is 2.15 bits per heavy atom. The van der Waals surface area contributed by atoms with Crippen molar-refractivity contribution in [1.82, 2.24) is 5.01 Å². The van der Waals surface area contributed by atoms with Crippen LogP contribution in [0.1, 0.15) is 0 Å². The minimum absolute atomic E-state index is 0.0747. The molecular weight excluding hydrogens is 176 g/mol. The molecule has 0 unspecified atom stereocenters. The van der Waals surface area contributed by atoms with Crippen LogP contribution >= 0.6 is 0 Å². The Morgan fingerprint density at radius 1 is 1.31 bits per heavy atom. The Kier molecular flexibility index (Phi) is 4.53. The zero-order valence-corrected chi connectivity index (χ0v) is 7.73. The predicted octanol–water partition coefficient (Wildman–Crippen LogP) is -0.978. The smallest absolute Gasteiger partial charge is 0.355 e. The molecule has 2 N–H and O–H groups in total. The fourth-order valence-corrected chi connectivity index (χ4v) is 0.580. The van der Waals surface area contributed by atoms with Crippen molar-refractivity contribution >= 4 is 11.9 Å². The second kappa shape index (κ2) is 5.15. The number of hydrogen-bond donors (Lipinski definition) is 1. The van der Waals surface area contributed by atoms with Crippen molar-refractivity contribution in [3.8, 4) is 0 Å². The Morgan fingerprint density at radius 2 is 1.85 bits per heavy atom. The summed E-state index contributed by atoms with van der Waals surface area (Å²) in [6.07, 6.45) is 0.950. The van der Waals surface area contributed by atoms with Gasteiger partial charge in [0.1, 0.15) is 5.70 Å². The zero-order valence-electron chi connectivity index (χ0n) is 7.73. The molecule has 0 aliphatic carbocycles. The molecule has 0 atom stereocenters. The summed E-state index contributed by atoms with van der Waals surface area (Å²) in [6, 6.07) is 0. The number of nitrogens with two attached hydrogens (primary N) is 1. The third-order valence-corrected chi connectivity index (χ3v) is 1.23. The monoisotopic (exact) mass is 188 g/mol. The number of esters is 2. The van der Waals surface area contributed by atoms with Crippen molar-refractivity contribution in [3.63, 3.8) is 0 Å². The number of methoxy groups -OCH3 is 2. The molecule has 0 saturated carbocycles. The summed E-state index contributed by atoms with van der Waals surface area (Å²) in [5.41, 5.74) is -0.0747. The summed E-state index contributed by atoms with van der Waals surface area (Å²) >= 11 is 0. The number of carbonyl (C=O) groups excluding carboxylic acids is 2. The lowest BCUT2D eigenvalue weighted by Gasteiger charge is -2.13. The fraction of sp³-hybridized carbons (Fsp3) is 0.429. The van der Waals surface area contributed by atoms with E-state index in [0.717, 1.165) is 11.1 Å². The number of nitrogens with zero attached hydrogens (tertiary/aromatic N) is 1. The van der Waals surface area contributed by atoms with Gasteiger partial charge in [0.25, 0.3) is 0 Å². The summed E-state index contributed by atoms with van der Waals surface area (Å²) in [4.78, 5) is 21.7. The van der Waals surface area contributed by atoms with E-state index in [0.29, 0.717) is 0 Å². The Hall–Kier alpha value is -1.56. The lowest BCUT2D eigenvalue weighted by molar-refractivity contribution is -0.139. The SMILES string of the molecule is COC(=O)/C=C(/C(=O)OC)N(C)N. The standard InChI is InChI=1S/C7H12N2O4/c1-9(8)5(7(11)13-3)4-6(10)12-2/h4H,8H2,1-3H3/b5-4-. The van der Waals surface area contributed by atoms with Crippen molar-refractivity contribution in [2.45, 2.75) is 0 Å². The van der Waals surface area contributed by atoms with Gasteiger partial charge < -0.3 is 14.5 Å². The zero-order chi connectivity index (χ0) is 10.4. The van der Waals surface area contributed by atoms with E-state index in [9.17, 15) is 9.59 Å². The quantitative estimate of drug-likeness (QED) is 0.265. The van der Waals surface area contributed by atoms with Crippen molar-refractivity contribution in [2.24, 2.45) is 5.84 Å². The second-order valence-electron chi connectivity index (χ2n) is 2.16. The molecule has 0 spiro atoms. The van der Waals surface area contributed by atoms with E-state index in [1.165, 1.54) is 21.3 Å². The third-order valence-electron chi connectivity index (χ3n) is 1.23. The van der Waals surface area contributed by atoms with Gasteiger partial charge in [-0.2, -0.15) is 0 Å². The van der Waals surface area contributed by atoms with E-state index >= 15 is 0 Å². The first-order chi connectivity index (χ1) is 6.02. The van der Waals surface area contributed by atoms with Crippen LogP contribution in [0.2, 0.25) is 0 Å². The lowest BCUT2D eigenvalue weighted by Crippen LogP contribution is -2.31. The molecule has 0 aromatic carbocycles. The van der Waals surface area contributed by atoms with Crippen molar-refractivity contribution in [1.29, 1.82) is 0 Å². The van der Waals surface area contributed by atoms with Crippen LogP contribution in [0.4, 0.5) is 0 Å². The van der Waals surface area contributed by atoms with Gasteiger partial charge in [0.15, 0.2) is 0 Å². The van der Waals surface area contributed by atoms with Gasteiger partial charge in [0.05, 0.1) is 20.3 Å². The van der Waals surface area contributed by atoms with Crippen molar-refractivity contribution in [3.05, 3.63) is 11.8 Å². The maximum atomic E-state index is 11.0. The van der Waals surface area contributed by atoms with Crippen LogP contribution in [0.25, 0.3) is 0 Å². The number of likely N-dealkylation sites (N-methyl/N-ethyl adjacent to an activating group) is 1. The molecule has 13 heavy (non-hydrogen) atoms. The topological polar surface area (TPSA) is 81.9 Å². The van der Waals surface area contributed by atoms with Crippen LogP contribution in [-0.2, 0) is 19.1 Å². The number of ether oxygens (including phenoxy) is 2. The van der Waals surface area contributed by atoms with Crippen LogP contribution in [0.5, 0.6) is 0 Å². The van der Waals surface area contributed by atoms with Gasteiger partial charge in [-0.25, -0.2) is 15.4 Å². The van der Waals surface area contributed by atoms with Crippen LogP contribution in [-0.4, -0.2) is 38.2 Å². The Balaban J connectivity index is 4.70. The number of hydrogen-bond acceptors (Lipinski definition) is 6. The number of carbonyl (C=O) groups is 2. The summed E-state index contributed by atoms with van der Waals surface area (Å²) in [5, 5.41) is 0.975. The normalized spacial score (nSPS) is 10.6. The molecule has 0 amide bonds. The molecule has 0 saturated heterocycles. The van der Waals surface area contributed by atoms with Gasteiger partial charge >= 0.3 is 11.9 Å². The van der Waals surface area contributed by atoms with Gasteiger partial charge in [-0.1, -0.05) is 0 Å². The van der Waals surface area contributed by atoms with Crippen LogP contribution in [0.15, 0.2) is 11.8 Å². The molecule has 0 aromatic heterocycles. The molecule has 0 heterocycles. The van der Waals surface area contributed by atoms with Gasteiger partial charge in [-0.05, 0) is 0 Å². The summed E-state index contributed by atoms with van der Waals surface area (Å²) < 4.78 is 8.70. The molecule has 0 fully saturated rings. The molecule has 74 valence electrons. The maximum Gasteiger partial charge on any atom is 0.355 e. The molecule has 6 nitrogen and oxygen atoms in total. The Labute approximate surface area is 75.9 Å². The first kappa shape index (κ1) is 11.4. The molecule has 0 aliphatic rings. The van der Waals surface area contributed by atoms with Gasteiger partial charge in [-0.15, -0.1) is 0 Å². The second-order valence-corrected chi connectivity index (χ2v) is 2.16. The average molecular weight is 188 g/mol. The molecule has 0 bridgehead atoms. The highest BCUT2D eigenvalue weighted by atomic mass is 16.5. The largest absolute Gasteiger partial charge is 0.466 e. The van der Waals surface area contributed by atoms with E-state index in [-0.39, 0.29) is 5.70 Å². The van der Waals surface area contributed by atoms with Gasteiger partial charge in [0.2, 0.25) is 0 Å². The van der Waals surface area contributed by atoms with E-state index in [2.05, 4.69) is 9.47 Å².